The number of pyridine rings is 1. The van der Waals surface area contributed by atoms with Gasteiger partial charge in [-0.3, -0.25) is 0 Å². The fraction of sp³-hybridized carbons (Fsp3) is 0.688. The second kappa shape index (κ2) is 8.48. The Morgan fingerprint density at radius 1 is 1.20 bits per heavy atom. The van der Waals surface area contributed by atoms with E-state index in [4.69, 9.17) is 16.6 Å². The fourth-order valence-corrected chi connectivity index (χ4v) is 2.27. The third kappa shape index (κ3) is 5.68. The number of aryl methyl sites for hydroxylation is 1. The van der Waals surface area contributed by atoms with Crippen LogP contribution >= 0.6 is 11.6 Å². The van der Waals surface area contributed by atoms with Crippen LogP contribution in [0.4, 0.5) is 5.82 Å². The minimum atomic E-state index is 0.547. The summed E-state index contributed by atoms with van der Waals surface area (Å²) in [7, 11) is 4.21. The quantitative estimate of drug-likeness (QED) is 0.686. The Morgan fingerprint density at radius 3 is 2.40 bits per heavy atom. The SMILES string of the molecule is CCc1cc(CCl)cc(N(CCN(C)C)CC(C)C)n1. The molecular weight excluding hydrogens is 270 g/mol. The van der Waals surface area contributed by atoms with E-state index >= 15 is 0 Å². The maximum absolute atomic E-state index is 6.01. The molecule has 0 aliphatic rings. The molecule has 0 fully saturated rings. The van der Waals surface area contributed by atoms with E-state index in [-0.39, 0.29) is 0 Å². The number of hydrogen-bond donors (Lipinski definition) is 0. The lowest BCUT2D eigenvalue weighted by Crippen LogP contribution is -2.35. The molecule has 4 heteroatoms. The molecule has 0 bridgehead atoms. The molecule has 1 rings (SSSR count). The van der Waals surface area contributed by atoms with E-state index in [1.54, 1.807) is 0 Å². The molecular formula is C16H28ClN3. The molecule has 3 nitrogen and oxygen atoms in total. The minimum absolute atomic E-state index is 0.547. The zero-order valence-electron chi connectivity index (χ0n) is 13.5. The summed E-state index contributed by atoms with van der Waals surface area (Å²) in [6.07, 6.45) is 0.945. The van der Waals surface area contributed by atoms with Crippen LogP contribution in [0.3, 0.4) is 0 Å². The molecule has 1 aromatic heterocycles. The zero-order chi connectivity index (χ0) is 15.1. The Hall–Kier alpha value is -0.800. The van der Waals surface area contributed by atoms with Gasteiger partial charge in [0.15, 0.2) is 0 Å². The molecule has 0 saturated heterocycles. The highest BCUT2D eigenvalue weighted by Gasteiger charge is 2.12. The monoisotopic (exact) mass is 297 g/mol. The van der Waals surface area contributed by atoms with Crippen LogP contribution in [0.15, 0.2) is 12.1 Å². The van der Waals surface area contributed by atoms with Gasteiger partial charge in [-0.15, -0.1) is 11.6 Å². The molecule has 0 aromatic carbocycles. The van der Waals surface area contributed by atoms with Crippen molar-refractivity contribution in [3.63, 3.8) is 0 Å². The number of hydrogen-bond acceptors (Lipinski definition) is 3. The van der Waals surface area contributed by atoms with Crippen LogP contribution in [0, 0.1) is 5.92 Å². The zero-order valence-corrected chi connectivity index (χ0v) is 14.2. The molecule has 0 aliphatic carbocycles. The van der Waals surface area contributed by atoms with Crippen molar-refractivity contribution in [3.8, 4) is 0 Å². The first-order valence-electron chi connectivity index (χ1n) is 7.41. The Bertz CT molecular complexity index is 382. The number of halogens is 1. The van der Waals surface area contributed by atoms with Crippen LogP contribution in [-0.4, -0.2) is 43.6 Å². The molecule has 0 radical (unpaired) electrons. The highest BCUT2D eigenvalue weighted by atomic mass is 35.5. The maximum atomic E-state index is 6.01. The van der Waals surface area contributed by atoms with Crippen molar-refractivity contribution in [2.24, 2.45) is 5.92 Å². The topological polar surface area (TPSA) is 19.4 Å². The standard InChI is InChI=1S/C16H28ClN3/c1-6-15-9-14(11-17)10-16(18-15)20(12-13(2)3)8-7-19(4)5/h9-10,13H,6-8,11-12H2,1-5H3. The smallest absolute Gasteiger partial charge is 0.129 e. The largest absolute Gasteiger partial charge is 0.355 e. The average molecular weight is 298 g/mol. The molecule has 114 valence electrons. The number of alkyl halides is 1. The molecule has 0 aliphatic heterocycles. The molecule has 0 N–H and O–H groups in total. The third-order valence-corrected chi connectivity index (χ3v) is 3.48. The van der Waals surface area contributed by atoms with Gasteiger partial charge >= 0.3 is 0 Å². The normalized spacial score (nSPS) is 11.4. The van der Waals surface area contributed by atoms with Gasteiger partial charge in [-0.05, 0) is 44.1 Å². The van der Waals surface area contributed by atoms with Gasteiger partial charge in [0.25, 0.3) is 0 Å². The van der Waals surface area contributed by atoms with Crippen LogP contribution < -0.4 is 4.90 Å². The van der Waals surface area contributed by atoms with Gasteiger partial charge in [-0.1, -0.05) is 20.8 Å². The first-order valence-corrected chi connectivity index (χ1v) is 7.95. The van der Waals surface area contributed by atoms with Crippen molar-refractivity contribution < 1.29 is 0 Å². The molecule has 0 saturated carbocycles. The predicted molar refractivity (Wildman–Crippen MR) is 88.8 cm³/mol. The van der Waals surface area contributed by atoms with Crippen LogP contribution in [0.5, 0.6) is 0 Å². The molecule has 0 spiro atoms. The van der Waals surface area contributed by atoms with Crippen LogP contribution in [-0.2, 0) is 12.3 Å². The Labute approximate surface area is 128 Å². The summed E-state index contributed by atoms with van der Waals surface area (Å²) in [5.41, 5.74) is 2.28. The minimum Gasteiger partial charge on any atom is -0.355 e. The molecule has 1 heterocycles. The summed E-state index contributed by atoms with van der Waals surface area (Å²) < 4.78 is 0. The van der Waals surface area contributed by atoms with E-state index in [2.05, 4.69) is 56.8 Å². The van der Waals surface area contributed by atoms with Crippen molar-refractivity contribution in [2.45, 2.75) is 33.1 Å². The van der Waals surface area contributed by atoms with Crippen molar-refractivity contribution in [1.29, 1.82) is 0 Å². The first-order chi connectivity index (χ1) is 9.46. The van der Waals surface area contributed by atoms with E-state index < -0.39 is 0 Å². The van der Waals surface area contributed by atoms with E-state index in [0.717, 1.165) is 43.1 Å². The first kappa shape index (κ1) is 17.3. The highest BCUT2D eigenvalue weighted by Crippen LogP contribution is 2.18. The van der Waals surface area contributed by atoms with Crippen LogP contribution in [0.25, 0.3) is 0 Å². The van der Waals surface area contributed by atoms with Gasteiger partial charge in [-0.25, -0.2) is 4.98 Å². The van der Waals surface area contributed by atoms with Gasteiger partial charge in [-0.2, -0.15) is 0 Å². The van der Waals surface area contributed by atoms with E-state index in [0.29, 0.717) is 11.8 Å². The second-order valence-electron chi connectivity index (χ2n) is 5.96. The van der Waals surface area contributed by atoms with E-state index in [1.807, 2.05) is 0 Å². The Morgan fingerprint density at radius 2 is 1.90 bits per heavy atom. The summed E-state index contributed by atoms with van der Waals surface area (Å²) in [5.74, 6) is 2.23. The molecule has 1 aromatic rings. The van der Waals surface area contributed by atoms with Gasteiger partial charge in [0.1, 0.15) is 5.82 Å². The van der Waals surface area contributed by atoms with Gasteiger partial charge in [0.2, 0.25) is 0 Å². The molecule has 0 unspecified atom stereocenters. The van der Waals surface area contributed by atoms with Gasteiger partial charge < -0.3 is 9.80 Å². The van der Waals surface area contributed by atoms with Crippen LogP contribution in [0.2, 0.25) is 0 Å². The van der Waals surface area contributed by atoms with Crippen molar-refractivity contribution in [1.82, 2.24) is 9.88 Å². The van der Waals surface area contributed by atoms with E-state index in [9.17, 15) is 0 Å². The van der Waals surface area contributed by atoms with Crippen molar-refractivity contribution in [2.75, 3.05) is 38.6 Å². The van der Waals surface area contributed by atoms with Gasteiger partial charge in [0.05, 0.1) is 0 Å². The van der Waals surface area contributed by atoms with Crippen molar-refractivity contribution in [3.05, 3.63) is 23.4 Å². The summed E-state index contributed by atoms with van der Waals surface area (Å²) >= 11 is 6.01. The number of anilines is 1. The highest BCUT2D eigenvalue weighted by molar-refractivity contribution is 6.17. The maximum Gasteiger partial charge on any atom is 0.129 e. The van der Waals surface area contributed by atoms with Gasteiger partial charge in [0, 0.05) is 31.2 Å². The Kier molecular flexibility index (Phi) is 7.31. The van der Waals surface area contributed by atoms with Crippen molar-refractivity contribution >= 4 is 17.4 Å². The van der Waals surface area contributed by atoms with Crippen LogP contribution in [0.1, 0.15) is 32.0 Å². The summed E-state index contributed by atoms with van der Waals surface area (Å²) in [5, 5.41) is 0. The lowest BCUT2D eigenvalue weighted by atomic mass is 10.1. The summed E-state index contributed by atoms with van der Waals surface area (Å²) in [4.78, 5) is 9.36. The number of rotatable bonds is 8. The summed E-state index contributed by atoms with van der Waals surface area (Å²) in [6.45, 7) is 9.67. The second-order valence-corrected chi connectivity index (χ2v) is 6.22. The number of nitrogens with zero attached hydrogens (tertiary/aromatic N) is 3. The number of likely N-dealkylation sites (N-methyl/N-ethyl adjacent to an activating group) is 1. The third-order valence-electron chi connectivity index (χ3n) is 3.17. The molecule has 0 amide bonds. The average Bonchev–Trinajstić information content (AvgIpc) is 2.42. The molecule has 0 atom stereocenters. The predicted octanol–water partition coefficient (Wildman–Crippen LogP) is 3.41. The lowest BCUT2D eigenvalue weighted by molar-refractivity contribution is 0.408. The van der Waals surface area contributed by atoms with E-state index in [1.165, 1.54) is 0 Å². The fourth-order valence-electron chi connectivity index (χ4n) is 2.11. The summed E-state index contributed by atoms with van der Waals surface area (Å²) in [6, 6.07) is 4.24. The lowest BCUT2D eigenvalue weighted by Gasteiger charge is -2.28. The Balaban J connectivity index is 2.98. The number of aromatic nitrogens is 1. The molecule has 20 heavy (non-hydrogen) atoms.